The molecular formula is C23H20N6O5. The van der Waals surface area contributed by atoms with Crippen LogP contribution in [0.25, 0.3) is 22.5 Å². The molecule has 3 N–H and O–H groups in total. The molecule has 1 atom stereocenters. The Kier molecular flexibility index (Phi) is 5.42. The highest BCUT2D eigenvalue weighted by atomic mass is 16.5. The van der Waals surface area contributed by atoms with Crippen molar-refractivity contribution in [2.24, 2.45) is 0 Å². The Morgan fingerprint density at radius 1 is 1.29 bits per heavy atom. The molecule has 0 saturated carbocycles. The predicted octanol–water partition coefficient (Wildman–Crippen LogP) is 2.38. The number of methoxy groups -OCH3 is 1. The molecule has 4 aromatic rings. The van der Waals surface area contributed by atoms with Crippen molar-refractivity contribution in [2.75, 3.05) is 13.7 Å². The summed E-state index contributed by atoms with van der Waals surface area (Å²) in [6.07, 6.45) is 1.92. The number of aromatic amines is 1. The molecule has 0 unspecified atom stereocenters. The number of imide groups is 1. The number of pyridine rings is 1. The lowest BCUT2D eigenvalue weighted by atomic mass is 10.1. The number of amides is 4. The third-order valence-corrected chi connectivity index (χ3v) is 5.61. The molecule has 1 aliphatic heterocycles. The van der Waals surface area contributed by atoms with Gasteiger partial charge < -0.3 is 19.4 Å². The number of H-pyrrole nitrogens is 1. The van der Waals surface area contributed by atoms with Gasteiger partial charge in [0.2, 0.25) is 6.41 Å². The number of aromatic nitrogens is 3. The topological polar surface area (TPSA) is 142 Å². The fourth-order valence-electron chi connectivity index (χ4n) is 3.96. The molecule has 1 aromatic carbocycles. The van der Waals surface area contributed by atoms with Gasteiger partial charge in [0.25, 0.3) is 5.91 Å². The quantitative estimate of drug-likeness (QED) is 0.359. The van der Waals surface area contributed by atoms with E-state index in [1.165, 1.54) is 7.11 Å². The normalized spacial score (nSPS) is 13.6. The zero-order chi connectivity index (χ0) is 23.7. The summed E-state index contributed by atoms with van der Waals surface area (Å²) in [6.45, 7) is 0.490. The van der Waals surface area contributed by atoms with E-state index < -0.39 is 12.1 Å². The number of urea groups is 1. The lowest BCUT2D eigenvalue weighted by Crippen LogP contribution is -2.42. The third-order valence-electron chi connectivity index (χ3n) is 5.61. The van der Waals surface area contributed by atoms with Crippen LogP contribution in [0.5, 0.6) is 5.75 Å². The van der Waals surface area contributed by atoms with Gasteiger partial charge in [-0.2, -0.15) is 5.10 Å². The van der Waals surface area contributed by atoms with Crippen LogP contribution in [0, 0.1) is 0 Å². The van der Waals surface area contributed by atoms with Gasteiger partial charge in [-0.25, -0.2) is 9.78 Å². The van der Waals surface area contributed by atoms with Crippen molar-refractivity contribution in [3.8, 4) is 17.1 Å². The van der Waals surface area contributed by atoms with Crippen LogP contribution >= 0.6 is 0 Å². The average Bonchev–Trinajstić information content (AvgIpc) is 3.58. The Morgan fingerprint density at radius 3 is 2.94 bits per heavy atom. The lowest BCUT2D eigenvalue weighted by molar-refractivity contribution is -0.108. The number of rotatable bonds is 7. The van der Waals surface area contributed by atoms with E-state index in [2.05, 4.69) is 25.8 Å². The fraction of sp³-hybridized carbons (Fsp3) is 0.174. The number of nitrogens with one attached hydrogen (secondary N) is 3. The van der Waals surface area contributed by atoms with Crippen LogP contribution in [0.3, 0.4) is 0 Å². The Balaban J connectivity index is 1.44. The molecule has 11 heteroatoms. The molecule has 172 valence electrons. The van der Waals surface area contributed by atoms with Gasteiger partial charge in [-0.15, -0.1) is 0 Å². The summed E-state index contributed by atoms with van der Waals surface area (Å²) in [4.78, 5) is 42.1. The number of hydrogen-bond acceptors (Lipinski definition) is 7. The number of benzene rings is 1. The van der Waals surface area contributed by atoms with Crippen molar-refractivity contribution >= 4 is 29.4 Å². The van der Waals surface area contributed by atoms with Gasteiger partial charge in [0.05, 0.1) is 18.5 Å². The molecule has 0 bridgehead atoms. The van der Waals surface area contributed by atoms with Gasteiger partial charge in [-0.1, -0.05) is 6.07 Å². The molecule has 0 saturated heterocycles. The number of carbonyl (C=O) groups excluding carboxylic acids is 3. The van der Waals surface area contributed by atoms with Gasteiger partial charge in [-0.05, 0) is 35.9 Å². The molecule has 34 heavy (non-hydrogen) atoms. The first-order chi connectivity index (χ1) is 16.6. The Bertz CT molecular complexity index is 1380. The third kappa shape index (κ3) is 3.94. The van der Waals surface area contributed by atoms with E-state index in [0.29, 0.717) is 40.4 Å². The second-order valence-electron chi connectivity index (χ2n) is 7.70. The van der Waals surface area contributed by atoms with E-state index >= 15 is 0 Å². The Labute approximate surface area is 193 Å². The minimum absolute atomic E-state index is 0.120. The van der Waals surface area contributed by atoms with Crippen LogP contribution in [0.2, 0.25) is 0 Å². The van der Waals surface area contributed by atoms with Crippen molar-refractivity contribution < 1.29 is 23.5 Å². The van der Waals surface area contributed by atoms with E-state index in [0.717, 1.165) is 11.3 Å². The van der Waals surface area contributed by atoms with Crippen LogP contribution in [-0.2, 0) is 11.3 Å². The summed E-state index contributed by atoms with van der Waals surface area (Å²) < 4.78 is 11.2. The molecule has 4 amide bonds. The van der Waals surface area contributed by atoms with Gasteiger partial charge in [0.1, 0.15) is 23.1 Å². The van der Waals surface area contributed by atoms with Crippen molar-refractivity contribution in [3.05, 3.63) is 65.5 Å². The van der Waals surface area contributed by atoms with E-state index in [-0.39, 0.29) is 18.9 Å². The molecule has 0 spiro atoms. The highest BCUT2D eigenvalue weighted by molar-refractivity contribution is 5.98. The van der Waals surface area contributed by atoms with Crippen molar-refractivity contribution in [3.63, 3.8) is 0 Å². The van der Waals surface area contributed by atoms with E-state index in [1.54, 1.807) is 47.5 Å². The molecular weight excluding hydrogens is 440 g/mol. The van der Waals surface area contributed by atoms with E-state index in [9.17, 15) is 14.4 Å². The van der Waals surface area contributed by atoms with Gasteiger partial charge in [0.15, 0.2) is 5.58 Å². The first-order valence-corrected chi connectivity index (χ1v) is 10.4. The lowest BCUT2D eigenvalue weighted by Gasteiger charge is -2.23. The van der Waals surface area contributed by atoms with E-state index in [4.69, 9.17) is 9.15 Å². The minimum Gasteiger partial charge on any atom is -0.497 e. The number of carbonyl (C=O) groups is 3. The number of hydrogen-bond donors (Lipinski definition) is 3. The Morgan fingerprint density at radius 2 is 2.18 bits per heavy atom. The molecule has 0 aliphatic carbocycles. The largest absolute Gasteiger partial charge is 0.497 e. The summed E-state index contributed by atoms with van der Waals surface area (Å²) in [5.74, 6) is 0.796. The van der Waals surface area contributed by atoms with Gasteiger partial charge in [0, 0.05) is 30.9 Å². The number of nitrogens with zero attached hydrogens (tertiary/aromatic N) is 3. The van der Waals surface area contributed by atoms with Gasteiger partial charge >= 0.3 is 6.03 Å². The van der Waals surface area contributed by atoms with Crippen LogP contribution in [-0.4, -0.2) is 52.1 Å². The summed E-state index contributed by atoms with van der Waals surface area (Å²) in [7, 11) is 1.54. The summed E-state index contributed by atoms with van der Waals surface area (Å²) in [5, 5.41) is 11.6. The molecule has 5 rings (SSSR count). The van der Waals surface area contributed by atoms with Crippen LogP contribution in [0.4, 0.5) is 4.79 Å². The molecule has 1 aliphatic rings. The van der Waals surface area contributed by atoms with Crippen LogP contribution in [0.1, 0.15) is 27.7 Å². The monoisotopic (exact) mass is 460 g/mol. The van der Waals surface area contributed by atoms with Gasteiger partial charge in [-0.3, -0.25) is 20.0 Å². The average molecular weight is 460 g/mol. The summed E-state index contributed by atoms with van der Waals surface area (Å²) >= 11 is 0. The SMILES string of the molecule is COc1ccc2c(c1)C(=O)N(C[C@H](NC(=O)NC=O)c1cc3nc(-c4ccn[nH]4)ccc3o1)C2. The molecule has 3 aromatic heterocycles. The van der Waals surface area contributed by atoms with Crippen molar-refractivity contribution in [2.45, 2.75) is 12.6 Å². The zero-order valence-corrected chi connectivity index (χ0v) is 18.1. The second-order valence-corrected chi connectivity index (χ2v) is 7.70. The Hall–Kier alpha value is -4.67. The summed E-state index contributed by atoms with van der Waals surface area (Å²) in [5.41, 5.74) is 3.93. The van der Waals surface area contributed by atoms with Crippen LogP contribution < -0.4 is 15.4 Å². The smallest absolute Gasteiger partial charge is 0.321 e. The van der Waals surface area contributed by atoms with E-state index in [1.807, 2.05) is 6.07 Å². The first kappa shape index (κ1) is 21.2. The van der Waals surface area contributed by atoms with Crippen LogP contribution in [0.15, 0.2) is 53.1 Å². The number of fused-ring (bicyclic) bond motifs is 2. The fourth-order valence-corrected chi connectivity index (χ4v) is 3.96. The van der Waals surface area contributed by atoms with Crippen molar-refractivity contribution in [1.29, 1.82) is 0 Å². The second kappa shape index (κ2) is 8.70. The molecule has 4 heterocycles. The number of furan rings is 1. The maximum atomic E-state index is 13.0. The summed E-state index contributed by atoms with van der Waals surface area (Å²) in [6, 6.07) is 11.0. The molecule has 11 nitrogen and oxygen atoms in total. The van der Waals surface area contributed by atoms with Crippen molar-refractivity contribution in [1.82, 2.24) is 30.7 Å². The highest BCUT2D eigenvalue weighted by Crippen LogP contribution is 2.30. The molecule has 0 fully saturated rings. The molecule has 0 radical (unpaired) electrons. The highest BCUT2D eigenvalue weighted by Gasteiger charge is 2.32. The zero-order valence-electron chi connectivity index (χ0n) is 18.1. The minimum atomic E-state index is -0.732. The standard InChI is InChI=1S/C23H20N6O5/c1-33-14-3-2-13-10-29(22(31)15(13)8-14)11-19(27-23(32)24-12-30)21-9-18-20(34-21)5-4-16(26-18)17-6-7-25-28-17/h2-9,12,19H,10-11H2,1H3,(H,25,28)(H2,24,27,30,32)/t19-/m0/s1. The maximum absolute atomic E-state index is 13.0. The predicted molar refractivity (Wildman–Crippen MR) is 120 cm³/mol. The number of ether oxygens (including phenoxy) is 1. The first-order valence-electron chi connectivity index (χ1n) is 10.4. The maximum Gasteiger partial charge on any atom is 0.321 e.